The zero-order chi connectivity index (χ0) is 13.1. The van der Waals surface area contributed by atoms with Crippen molar-refractivity contribution in [3.05, 3.63) is 35.4 Å². The highest BCUT2D eigenvalue weighted by molar-refractivity contribution is 5.24. The molecule has 0 spiro atoms. The Morgan fingerprint density at radius 2 is 1.94 bits per heavy atom. The molecule has 0 aliphatic heterocycles. The third-order valence-electron chi connectivity index (χ3n) is 4.14. The van der Waals surface area contributed by atoms with Gasteiger partial charge in [0.1, 0.15) is 0 Å². The molecule has 0 bridgehead atoms. The summed E-state index contributed by atoms with van der Waals surface area (Å²) in [4.78, 5) is 2.47. The summed E-state index contributed by atoms with van der Waals surface area (Å²) in [5.74, 6) is 1.88. The molecule has 1 aliphatic rings. The molecule has 3 unspecified atom stereocenters. The predicted molar refractivity (Wildman–Crippen MR) is 77.7 cm³/mol. The lowest BCUT2D eigenvalue weighted by Gasteiger charge is -2.24. The van der Waals surface area contributed by atoms with Crippen molar-refractivity contribution in [2.45, 2.75) is 26.3 Å². The lowest BCUT2D eigenvalue weighted by Crippen LogP contribution is -2.32. The van der Waals surface area contributed by atoms with E-state index in [0.717, 1.165) is 18.4 Å². The maximum Gasteiger partial charge on any atom is 0.0446 e. The molecule has 0 aromatic heterocycles. The van der Waals surface area contributed by atoms with Crippen LogP contribution in [0.3, 0.4) is 0 Å². The average molecular weight is 246 g/mol. The van der Waals surface area contributed by atoms with Gasteiger partial charge in [0, 0.05) is 19.1 Å². The van der Waals surface area contributed by atoms with Gasteiger partial charge in [-0.25, -0.2) is 0 Å². The van der Waals surface area contributed by atoms with E-state index in [1.54, 1.807) is 0 Å². The normalized spacial score (nSPS) is 24.3. The molecule has 1 N–H and O–H groups in total. The van der Waals surface area contributed by atoms with Crippen molar-refractivity contribution in [2.24, 2.45) is 11.8 Å². The number of hydrogen-bond acceptors (Lipinski definition) is 2. The minimum Gasteiger partial charge on any atom is -0.312 e. The second-order valence-electron chi connectivity index (χ2n) is 5.95. The number of aryl methyl sites for hydroxylation is 1. The summed E-state index contributed by atoms with van der Waals surface area (Å²) in [6, 6.07) is 9.31. The second kappa shape index (κ2) is 5.85. The first-order chi connectivity index (χ1) is 8.60. The highest BCUT2D eigenvalue weighted by Gasteiger charge is 2.33. The lowest BCUT2D eigenvalue weighted by atomic mass is 10.0. The van der Waals surface area contributed by atoms with Gasteiger partial charge in [-0.05, 0) is 44.8 Å². The van der Waals surface area contributed by atoms with Crippen LogP contribution in [-0.4, -0.2) is 32.1 Å². The summed E-state index contributed by atoms with van der Waals surface area (Å²) in [6.45, 7) is 6.82. The fourth-order valence-corrected chi connectivity index (χ4v) is 2.60. The maximum atomic E-state index is 3.43. The Labute approximate surface area is 111 Å². The van der Waals surface area contributed by atoms with E-state index < -0.39 is 0 Å². The standard InChI is InChI=1S/C16H26N2/c1-12-5-7-14(8-6-12)16(17-3)11-18(4)10-15-9-13(15)2/h5-8,13,15-17H,9-11H2,1-4H3. The van der Waals surface area contributed by atoms with Crippen LogP contribution in [0.15, 0.2) is 24.3 Å². The van der Waals surface area contributed by atoms with Gasteiger partial charge in [0.25, 0.3) is 0 Å². The van der Waals surface area contributed by atoms with Gasteiger partial charge in [0.05, 0.1) is 0 Å². The van der Waals surface area contributed by atoms with E-state index in [2.05, 4.69) is 62.4 Å². The highest BCUT2D eigenvalue weighted by Crippen LogP contribution is 2.38. The van der Waals surface area contributed by atoms with E-state index in [1.165, 1.54) is 24.1 Å². The third-order valence-corrected chi connectivity index (χ3v) is 4.14. The number of hydrogen-bond donors (Lipinski definition) is 1. The van der Waals surface area contributed by atoms with Gasteiger partial charge in [-0.2, -0.15) is 0 Å². The van der Waals surface area contributed by atoms with Crippen molar-refractivity contribution < 1.29 is 0 Å². The second-order valence-corrected chi connectivity index (χ2v) is 5.95. The summed E-state index contributed by atoms with van der Waals surface area (Å²) < 4.78 is 0. The molecule has 2 rings (SSSR count). The number of benzene rings is 1. The molecule has 1 aromatic carbocycles. The van der Waals surface area contributed by atoms with E-state index >= 15 is 0 Å². The summed E-state index contributed by atoms with van der Waals surface area (Å²) in [5.41, 5.74) is 2.72. The molecule has 3 atom stereocenters. The zero-order valence-electron chi connectivity index (χ0n) is 12.1. The Hall–Kier alpha value is -0.860. The summed E-state index contributed by atoms with van der Waals surface area (Å²) >= 11 is 0. The van der Waals surface area contributed by atoms with Crippen LogP contribution in [0.2, 0.25) is 0 Å². The first-order valence-corrected chi connectivity index (χ1v) is 7.02. The first kappa shape index (κ1) is 13.6. The molecular weight excluding hydrogens is 220 g/mol. The molecule has 0 saturated heterocycles. The van der Waals surface area contributed by atoms with Crippen LogP contribution in [0.4, 0.5) is 0 Å². The highest BCUT2D eigenvalue weighted by atomic mass is 15.1. The molecule has 0 amide bonds. The molecule has 100 valence electrons. The van der Waals surface area contributed by atoms with Crippen molar-refractivity contribution in [3.63, 3.8) is 0 Å². The largest absolute Gasteiger partial charge is 0.312 e. The van der Waals surface area contributed by atoms with Crippen LogP contribution in [0.25, 0.3) is 0 Å². The summed E-state index contributed by atoms with van der Waals surface area (Å²) in [5, 5.41) is 3.43. The lowest BCUT2D eigenvalue weighted by molar-refractivity contribution is 0.282. The molecule has 2 heteroatoms. The molecule has 0 heterocycles. The Morgan fingerprint density at radius 3 is 2.44 bits per heavy atom. The van der Waals surface area contributed by atoms with Crippen LogP contribution in [-0.2, 0) is 0 Å². The topological polar surface area (TPSA) is 15.3 Å². The zero-order valence-corrected chi connectivity index (χ0v) is 12.1. The molecule has 1 saturated carbocycles. The van der Waals surface area contributed by atoms with E-state index in [1.807, 2.05) is 0 Å². The monoisotopic (exact) mass is 246 g/mol. The van der Waals surface area contributed by atoms with Crippen LogP contribution < -0.4 is 5.32 Å². The average Bonchev–Trinajstić information content (AvgIpc) is 3.03. The molecule has 1 aromatic rings. The van der Waals surface area contributed by atoms with Crippen LogP contribution in [0.1, 0.15) is 30.5 Å². The maximum absolute atomic E-state index is 3.43. The van der Waals surface area contributed by atoms with E-state index in [-0.39, 0.29) is 0 Å². The Kier molecular flexibility index (Phi) is 4.41. The fraction of sp³-hybridized carbons (Fsp3) is 0.625. The number of nitrogens with one attached hydrogen (secondary N) is 1. The first-order valence-electron chi connectivity index (χ1n) is 7.02. The van der Waals surface area contributed by atoms with Crippen LogP contribution in [0, 0.1) is 18.8 Å². The molecular formula is C16H26N2. The quantitative estimate of drug-likeness (QED) is 0.830. The fourth-order valence-electron chi connectivity index (χ4n) is 2.60. The molecule has 2 nitrogen and oxygen atoms in total. The van der Waals surface area contributed by atoms with Crippen molar-refractivity contribution in [1.29, 1.82) is 0 Å². The molecule has 18 heavy (non-hydrogen) atoms. The summed E-state index contributed by atoms with van der Waals surface area (Å²) in [6.07, 6.45) is 1.42. The Balaban J connectivity index is 1.89. The van der Waals surface area contributed by atoms with Gasteiger partial charge in [-0.1, -0.05) is 36.8 Å². The van der Waals surface area contributed by atoms with Crippen molar-refractivity contribution in [2.75, 3.05) is 27.2 Å². The van der Waals surface area contributed by atoms with Gasteiger partial charge in [0.15, 0.2) is 0 Å². The van der Waals surface area contributed by atoms with E-state index in [0.29, 0.717) is 6.04 Å². The van der Waals surface area contributed by atoms with Crippen molar-refractivity contribution in [3.8, 4) is 0 Å². The third kappa shape index (κ3) is 3.56. The molecule has 1 aliphatic carbocycles. The van der Waals surface area contributed by atoms with Crippen molar-refractivity contribution >= 4 is 0 Å². The number of nitrogens with zero attached hydrogens (tertiary/aromatic N) is 1. The van der Waals surface area contributed by atoms with Gasteiger partial charge < -0.3 is 10.2 Å². The predicted octanol–water partition coefficient (Wildman–Crippen LogP) is 2.84. The van der Waals surface area contributed by atoms with Gasteiger partial charge in [-0.3, -0.25) is 0 Å². The van der Waals surface area contributed by atoms with Crippen molar-refractivity contribution in [1.82, 2.24) is 10.2 Å². The summed E-state index contributed by atoms with van der Waals surface area (Å²) in [7, 11) is 4.29. The van der Waals surface area contributed by atoms with Crippen LogP contribution >= 0.6 is 0 Å². The Morgan fingerprint density at radius 1 is 1.33 bits per heavy atom. The minimum atomic E-state index is 0.435. The van der Waals surface area contributed by atoms with Crippen LogP contribution in [0.5, 0.6) is 0 Å². The molecule has 0 radical (unpaired) electrons. The van der Waals surface area contributed by atoms with E-state index in [4.69, 9.17) is 0 Å². The van der Waals surface area contributed by atoms with E-state index in [9.17, 15) is 0 Å². The van der Waals surface area contributed by atoms with Gasteiger partial charge in [-0.15, -0.1) is 0 Å². The van der Waals surface area contributed by atoms with Gasteiger partial charge >= 0.3 is 0 Å². The van der Waals surface area contributed by atoms with Gasteiger partial charge in [0.2, 0.25) is 0 Å². The number of likely N-dealkylation sites (N-methyl/N-ethyl adjacent to an activating group) is 2. The minimum absolute atomic E-state index is 0.435. The SMILES string of the molecule is CNC(CN(C)CC1CC1C)c1ccc(C)cc1. The smallest absolute Gasteiger partial charge is 0.0446 e. The molecule has 1 fully saturated rings. The Bertz CT molecular complexity index is 371. The number of rotatable bonds is 6.